The van der Waals surface area contributed by atoms with Crippen LogP contribution in [0.15, 0.2) is 16.6 Å². The summed E-state index contributed by atoms with van der Waals surface area (Å²) < 4.78 is 12.1. The predicted octanol–water partition coefficient (Wildman–Crippen LogP) is 2.53. The Morgan fingerprint density at radius 3 is 2.88 bits per heavy atom. The summed E-state index contributed by atoms with van der Waals surface area (Å²) in [4.78, 5) is 0. The highest BCUT2D eigenvalue weighted by molar-refractivity contribution is 9.10. The molecule has 88 valence electrons. The van der Waals surface area contributed by atoms with Crippen LogP contribution in [-0.2, 0) is 6.42 Å². The normalized spacial score (nSPS) is 16.7. The van der Waals surface area contributed by atoms with Gasteiger partial charge in [-0.2, -0.15) is 0 Å². The van der Waals surface area contributed by atoms with Gasteiger partial charge in [-0.15, -0.1) is 0 Å². The third kappa shape index (κ3) is 2.68. The Kier molecular flexibility index (Phi) is 3.71. The van der Waals surface area contributed by atoms with E-state index in [1.54, 1.807) is 6.92 Å². The zero-order valence-corrected chi connectivity index (χ0v) is 10.8. The highest BCUT2D eigenvalue weighted by Crippen LogP contribution is 2.38. The second kappa shape index (κ2) is 5.06. The van der Waals surface area contributed by atoms with E-state index in [2.05, 4.69) is 15.9 Å². The molecule has 0 amide bonds. The van der Waals surface area contributed by atoms with Crippen molar-refractivity contribution in [2.45, 2.75) is 25.9 Å². The number of fused-ring (bicyclic) bond motifs is 1. The maximum absolute atomic E-state index is 9.37. The molecule has 0 saturated heterocycles. The van der Waals surface area contributed by atoms with Gasteiger partial charge in [0.1, 0.15) is 0 Å². The number of aliphatic hydroxyl groups excluding tert-OH is 1. The summed E-state index contributed by atoms with van der Waals surface area (Å²) >= 11 is 3.47. The Hall–Kier alpha value is -0.740. The molecule has 1 aromatic rings. The fourth-order valence-electron chi connectivity index (χ4n) is 1.74. The molecular formula is C12H15BrO3. The molecular weight excluding hydrogens is 272 g/mol. The third-order valence-electron chi connectivity index (χ3n) is 2.39. The van der Waals surface area contributed by atoms with Gasteiger partial charge in [-0.25, -0.2) is 0 Å². The van der Waals surface area contributed by atoms with E-state index in [1.165, 1.54) is 0 Å². The van der Waals surface area contributed by atoms with Gasteiger partial charge in [-0.3, -0.25) is 0 Å². The van der Waals surface area contributed by atoms with Crippen molar-refractivity contribution in [1.82, 2.24) is 0 Å². The van der Waals surface area contributed by atoms with Gasteiger partial charge in [0.25, 0.3) is 0 Å². The van der Waals surface area contributed by atoms with Crippen LogP contribution in [0.25, 0.3) is 0 Å². The fraction of sp³-hybridized carbons (Fsp3) is 0.500. The quantitative estimate of drug-likeness (QED) is 0.908. The maximum Gasteiger partial charge on any atom is 0.175 e. The van der Waals surface area contributed by atoms with E-state index in [4.69, 9.17) is 9.47 Å². The van der Waals surface area contributed by atoms with E-state index in [1.807, 2.05) is 12.1 Å². The number of rotatable bonds is 2. The zero-order valence-electron chi connectivity index (χ0n) is 9.20. The molecule has 0 aliphatic carbocycles. The summed E-state index contributed by atoms with van der Waals surface area (Å²) in [6.07, 6.45) is 1.17. The summed E-state index contributed by atoms with van der Waals surface area (Å²) in [5.74, 6) is 1.54. The van der Waals surface area contributed by atoms with E-state index in [9.17, 15) is 5.11 Å². The average Bonchev–Trinajstić information content (AvgIpc) is 2.41. The Bertz CT molecular complexity index is 377. The molecule has 1 unspecified atom stereocenters. The Balaban J connectivity index is 2.32. The Labute approximate surface area is 104 Å². The number of hydrogen-bond donors (Lipinski definition) is 1. The number of halogens is 1. The lowest BCUT2D eigenvalue weighted by Gasteiger charge is -2.12. The monoisotopic (exact) mass is 286 g/mol. The number of benzene rings is 1. The van der Waals surface area contributed by atoms with Crippen LogP contribution in [0.3, 0.4) is 0 Å². The molecule has 16 heavy (non-hydrogen) atoms. The average molecular weight is 287 g/mol. The first-order chi connectivity index (χ1) is 7.66. The van der Waals surface area contributed by atoms with Crippen LogP contribution >= 0.6 is 15.9 Å². The minimum absolute atomic E-state index is 0.350. The van der Waals surface area contributed by atoms with Crippen LogP contribution in [0.1, 0.15) is 18.9 Å². The molecule has 1 N–H and O–H groups in total. The molecule has 1 heterocycles. The molecule has 3 nitrogen and oxygen atoms in total. The highest BCUT2D eigenvalue weighted by atomic mass is 79.9. The third-order valence-corrected chi connectivity index (χ3v) is 2.98. The molecule has 4 heteroatoms. The lowest BCUT2D eigenvalue weighted by Crippen LogP contribution is -2.04. The molecule has 0 saturated carbocycles. The van der Waals surface area contributed by atoms with Crippen molar-refractivity contribution in [3.05, 3.63) is 22.2 Å². The first-order valence-electron chi connectivity index (χ1n) is 5.43. The molecule has 1 aliphatic heterocycles. The molecule has 1 aromatic carbocycles. The SMILES string of the molecule is CC(O)Cc1cc(Br)c2c(c1)OCCCO2. The number of hydrogen-bond acceptors (Lipinski definition) is 3. The predicted molar refractivity (Wildman–Crippen MR) is 65.1 cm³/mol. The van der Waals surface area contributed by atoms with Gasteiger partial charge >= 0.3 is 0 Å². The molecule has 0 radical (unpaired) electrons. The van der Waals surface area contributed by atoms with E-state index in [-0.39, 0.29) is 6.10 Å². The van der Waals surface area contributed by atoms with Crippen molar-refractivity contribution in [3.8, 4) is 11.5 Å². The first kappa shape index (κ1) is 11.7. The second-order valence-electron chi connectivity index (χ2n) is 4.01. The maximum atomic E-state index is 9.37. The molecule has 0 bridgehead atoms. The van der Waals surface area contributed by atoms with Crippen LogP contribution in [-0.4, -0.2) is 24.4 Å². The van der Waals surface area contributed by atoms with E-state index < -0.39 is 0 Å². The summed E-state index contributed by atoms with van der Waals surface area (Å²) in [5, 5.41) is 9.37. The molecule has 2 rings (SSSR count). The van der Waals surface area contributed by atoms with Gasteiger partial charge in [-0.1, -0.05) is 0 Å². The van der Waals surface area contributed by atoms with Gasteiger partial charge in [0.2, 0.25) is 0 Å². The van der Waals surface area contributed by atoms with Gasteiger partial charge in [-0.05, 0) is 47.0 Å². The van der Waals surface area contributed by atoms with E-state index >= 15 is 0 Å². The van der Waals surface area contributed by atoms with Crippen LogP contribution < -0.4 is 9.47 Å². The van der Waals surface area contributed by atoms with Gasteiger partial charge < -0.3 is 14.6 Å². The fourth-order valence-corrected chi connectivity index (χ4v) is 2.35. The minimum atomic E-state index is -0.350. The number of ether oxygens (including phenoxy) is 2. The van der Waals surface area contributed by atoms with Crippen LogP contribution in [0, 0.1) is 0 Å². The van der Waals surface area contributed by atoms with Crippen molar-refractivity contribution < 1.29 is 14.6 Å². The highest BCUT2D eigenvalue weighted by Gasteiger charge is 2.15. The minimum Gasteiger partial charge on any atom is -0.490 e. The van der Waals surface area contributed by atoms with Crippen molar-refractivity contribution in [3.63, 3.8) is 0 Å². The van der Waals surface area contributed by atoms with Crippen LogP contribution in [0.4, 0.5) is 0 Å². The smallest absolute Gasteiger partial charge is 0.175 e. The second-order valence-corrected chi connectivity index (χ2v) is 4.86. The molecule has 1 aliphatic rings. The Morgan fingerprint density at radius 2 is 2.12 bits per heavy atom. The van der Waals surface area contributed by atoms with E-state index in [0.29, 0.717) is 19.6 Å². The van der Waals surface area contributed by atoms with Crippen molar-refractivity contribution in [1.29, 1.82) is 0 Å². The van der Waals surface area contributed by atoms with Crippen molar-refractivity contribution in [2.75, 3.05) is 13.2 Å². The summed E-state index contributed by atoms with van der Waals surface area (Å²) in [6.45, 7) is 3.13. The van der Waals surface area contributed by atoms with Crippen molar-refractivity contribution >= 4 is 15.9 Å². The molecule has 1 atom stereocenters. The lowest BCUT2D eigenvalue weighted by atomic mass is 10.1. The van der Waals surface area contributed by atoms with Gasteiger partial charge in [0.05, 0.1) is 23.8 Å². The van der Waals surface area contributed by atoms with Gasteiger partial charge in [0.15, 0.2) is 11.5 Å². The summed E-state index contributed by atoms with van der Waals surface area (Å²) in [6, 6.07) is 3.92. The topological polar surface area (TPSA) is 38.7 Å². The summed E-state index contributed by atoms with van der Waals surface area (Å²) in [5.41, 5.74) is 1.05. The number of aliphatic hydroxyl groups is 1. The van der Waals surface area contributed by atoms with Gasteiger partial charge in [0, 0.05) is 6.42 Å². The van der Waals surface area contributed by atoms with Crippen LogP contribution in [0.2, 0.25) is 0 Å². The lowest BCUT2D eigenvalue weighted by molar-refractivity contribution is 0.195. The Morgan fingerprint density at radius 1 is 1.38 bits per heavy atom. The van der Waals surface area contributed by atoms with E-state index in [0.717, 1.165) is 28.0 Å². The van der Waals surface area contributed by atoms with Crippen LogP contribution in [0.5, 0.6) is 11.5 Å². The largest absolute Gasteiger partial charge is 0.490 e. The zero-order chi connectivity index (χ0) is 11.5. The molecule has 0 spiro atoms. The van der Waals surface area contributed by atoms with Crippen molar-refractivity contribution in [2.24, 2.45) is 0 Å². The molecule has 0 aromatic heterocycles. The summed E-state index contributed by atoms with van der Waals surface area (Å²) in [7, 11) is 0. The molecule has 0 fully saturated rings. The first-order valence-corrected chi connectivity index (χ1v) is 6.22. The standard InChI is InChI=1S/C12H15BrO3/c1-8(14)5-9-6-10(13)12-11(7-9)15-3-2-4-16-12/h6-8,14H,2-5H2,1H3.